The van der Waals surface area contributed by atoms with Crippen LogP contribution < -0.4 is 10.0 Å². The van der Waals surface area contributed by atoms with E-state index in [1.807, 2.05) is 6.92 Å². The Bertz CT molecular complexity index is 352. The molecule has 2 heterocycles. The smallest absolute Gasteiger partial charge is 0.279 e. The van der Waals surface area contributed by atoms with E-state index in [0.29, 0.717) is 24.9 Å². The maximum absolute atomic E-state index is 11.8. The Balaban J connectivity index is 1.91. The summed E-state index contributed by atoms with van der Waals surface area (Å²) in [4.78, 5) is 0. The largest absolute Gasteiger partial charge is 0.317 e. The lowest BCUT2D eigenvalue weighted by Gasteiger charge is -2.30. The monoisotopic (exact) mass is 261 g/mol. The zero-order valence-electron chi connectivity index (χ0n) is 10.6. The van der Waals surface area contributed by atoms with Crippen LogP contribution in [0.5, 0.6) is 0 Å². The Morgan fingerprint density at radius 2 is 2.00 bits per heavy atom. The molecule has 2 N–H and O–H groups in total. The fourth-order valence-electron chi connectivity index (χ4n) is 2.83. The number of rotatable bonds is 3. The van der Waals surface area contributed by atoms with Crippen molar-refractivity contribution < 1.29 is 8.42 Å². The van der Waals surface area contributed by atoms with Crippen molar-refractivity contribution in [3.63, 3.8) is 0 Å². The van der Waals surface area contributed by atoms with Crippen LogP contribution in [0.4, 0.5) is 0 Å². The van der Waals surface area contributed by atoms with Crippen LogP contribution in [-0.4, -0.2) is 44.9 Å². The van der Waals surface area contributed by atoms with Gasteiger partial charge in [0.05, 0.1) is 0 Å². The zero-order valence-corrected chi connectivity index (χ0v) is 11.5. The Morgan fingerprint density at radius 3 is 2.53 bits per heavy atom. The van der Waals surface area contributed by atoms with Gasteiger partial charge in [0.2, 0.25) is 0 Å². The van der Waals surface area contributed by atoms with E-state index in [0.717, 1.165) is 25.9 Å². The molecule has 0 aromatic carbocycles. The molecule has 2 saturated heterocycles. The lowest BCUT2D eigenvalue weighted by Crippen LogP contribution is -2.38. The summed E-state index contributed by atoms with van der Waals surface area (Å²) < 4.78 is 27.8. The van der Waals surface area contributed by atoms with Gasteiger partial charge in [-0.1, -0.05) is 6.92 Å². The van der Waals surface area contributed by atoms with Crippen LogP contribution in [0.3, 0.4) is 0 Å². The minimum absolute atomic E-state index is 0.0419. The van der Waals surface area contributed by atoms with Gasteiger partial charge in [0.25, 0.3) is 10.2 Å². The summed E-state index contributed by atoms with van der Waals surface area (Å²) in [5.41, 5.74) is 0. The van der Waals surface area contributed by atoms with E-state index in [-0.39, 0.29) is 6.04 Å². The topological polar surface area (TPSA) is 61.4 Å². The summed E-state index contributed by atoms with van der Waals surface area (Å²) in [6, 6.07) is 0.0419. The fraction of sp³-hybridized carbons (Fsp3) is 1.00. The van der Waals surface area contributed by atoms with Gasteiger partial charge in [0.15, 0.2) is 0 Å². The molecule has 0 radical (unpaired) electrons. The van der Waals surface area contributed by atoms with E-state index < -0.39 is 10.2 Å². The van der Waals surface area contributed by atoms with Gasteiger partial charge in [-0.2, -0.15) is 17.4 Å². The number of nitrogens with one attached hydrogen (secondary N) is 2. The van der Waals surface area contributed by atoms with Gasteiger partial charge < -0.3 is 5.32 Å². The third-order valence-corrected chi connectivity index (χ3v) is 5.53. The maximum Gasteiger partial charge on any atom is 0.279 e. The molecule has 0 amide bonds. The molecule has 2 atom stereocenters. The van der Waals surface area contributed by atoms with Crippen LogP contribution in [0, 0.1) is 11.8 Å². The molecule has 17 heavy (non-hydrogen) atoms. The van der Waals surface area contributed by atoms with Gasteiger partial charge in [-0.15, -0.1) is 0 Å². The van der Waals surface area contributed by atoms with Crippen molar-refractivity contribution in [3.8, 4) is 0 Å². The molecule has 100 valence electrons. The second-order valence-electron chi connectivity index (χ2n) is 5.41. The molecule has 2 aliphatic rings. The second kappa shape index (κ2) is 5.22. The van der Waals surface area contributed by atoms with Crippen LogP contribution in [-0.2, 0) is 10.2 Å². The molecule has 2 aliphatic heterocycles. The Labute approximate surface area is 104 Å². The van der Waals surface area contributed by atoms with Crippen LogP contribution >= 0.6 is 0 Å². The van der Waals surface area contributed by atoms with Crippen LogP contribution in [0.2, 0.25) is 0 Å². The summed E-state index contributed by atoms with van der Waals surface area (Å²) in [5.74, 6) is 1.10. The van der Waals surface area contributed by atoms with E-state index in [1.165, 1.54) is 0 Å². The molecular weight excluding hydrogens is 238 g/mol. The standard InChI is InChI=1S/C11H23N3O2S/c1-9(11-3-5-12-6-4-11)7-14-8-10(2)13-17(14,15)16/h9-13H,3-8H2,1-2H3. The van der Waals surface area contributed by atoms with Gasteiger partial charge >= 0.3 is 0 Å². The molecular formula is C11H23N3O2S. The predicted octanol–water partition coefficient (Wildman–Crippen LogP) is 0.161. The van der Waals surface area contributed by atoms with E-state index in [4.69, 9.17) is 0 Å². The average Bonchev–Trinajstić information content (AvgIpc) is 2.53. The number of nitrogens with zero attached hydrogens (tertiary/aromatic N) is 1. The van der Waals surface area contributed by atoms with Gasteiger partial charge in [-0.05, 0) is 44.7 Å². The molecule has 2 unspecified atom stereocenters. The maximum atomic E-state index is 11.8. The molecule has 0 aromatic heterocycles. The zero-order chi connectivity index (χ0) is 12.5. The molecule has 0 aliphatic carbocycles. The van der Waals surface area contributed by atoms with Crippen molar-refractivity contribution in [1.29, 1.82) is 0 Å². The minimum atomic E-state index is -3.20. The van der Waals surface area contributed by atoms with Crippen LogP contribution in [0.25, 0.3) is 0 Å². The van der Waals surface area contributed by atoms with Gasteiger partial charge in [-0.3, -0.25) is 0 Å². The first kappa shape index (κ1) is 13.3. The number of hydrogen-bond donors (Lipinski definition) is 2. The lowest BCUT2D eigenvalue weighted by atomic mass is 9.86. The quantitative estimate of drug-likeness (QED) is 0.761. The minimum Gasteiger partial charge on any atom is -0.317 e. The van der Waals surface area contributed by atoms with Gasteiger partial charge in [0, 0.05) is 19.1 Å². The molecule has 0 saturated carbocycles. The number of hydrogen-bond acceptors (Lipinski definition) is 3. The third kappa shape index (κ3) is 3.19. The summed E-state index contributed by atoms with van der Waals surface area (Å²) >= 11 is 0. The first-order chi connectivity index (χ1) is 7.99. The summed E-state index contributed by atoms with van der Waals surface area (Å²) in [6.45, 7) is 7.48. The molecule has 5 nitrogen and oxygen atoms in total. The van der Waals surface area contributed by atoms with E-state index in [2.05, 4.69) is 17.0 Å². The molecule has 0 spiro atoms. The van der Waals surface area contributed by atoms with Crippen molar-refractivity contribution in [2.45, 2.75) is 32.7 Å². The van der Waals surface area contributed by atoms with Crippen molar-refractivity contribution in [2.24, 2.45) is 11.8 Å². The summed E-state index contributed by atoms with van der Waals surface area (Å²) in [5, 5.41) is 3.34. The van der Waals surface area contributed by atoms with Crippen molar-refractivity contribution in [2.75, 3.05) is 26.2 Å². The normalized spacial score (nSPS) is 32.7. The highest BCUT2D eigenvalue weighted by molar-refractivity contribution is 7.87. The molecule has 6 heteroatoms. The number of piperidine rings is 1. The first-order valence-electron chi connectivity index (χ1n) is 6.47. The van der Waals surface area contributed by atoms with E-state index in [1.54, 1.807) is 4.31 Å². The summed E-state index contributed by atoms with van der Waals surface area (Å²) in [6.07, 6.45) is 2.33. The SMILES string of the molecule is CC1CN(CC(C)C2CCNCC2)S(=O)(=O)N1. The fourth-order valence-corrected chi connectivity index (χ4v) is 4.41. The highest BCUT2D eigenvalue weighted by Gasteiger charge is 2.34. The molecule has 2 fully saturated rings. The lowest BCUT2D eigenvalue weighted by molar-refractivity contribution is 0.236. The van der Waals surface area contributed by atoms with E-state index in [9.17, 15) is 8.42 Å². The van der Waals surface area contributed by atoms with Gasteiger partial charge in [0.1, 0.15) is 0 Å². The molecule has 0 bridgehead atoms. The summed E-state index contributed by atoms with van der Waals surface area (Å²) in [7, 11) is -3.20. The average molecular weight is 261 g/mol. The van der Waals surface area contributed by atoms with Crippen LogP contribution in [0.1, 0.15) is 26.7 Å². The molecule has 0 aromatic rings. The Kier molecular flexibility index (Phi) is 4.07. The Morgan fingerprint density at radius 1 is 1.35 bits per heavy atom. The highest BCUT2D eigenvalue weighted by Crippen LogP contribution is 2.24. The Hall–Kier alpha value is -0.170. The van der Waals surface area contributed by atoms with Gasteiger partial charge in [-0.25, -0.2) is 0 Å². The van der Waals surface area contributed by atoms with Crippen molar-refractivity contribution >= 4 is 10.2 Å². The third-order valence-electron chi connectivity index (χ3n) is 3.85. The first-order valence-corrected chi connectivity index (χ1v) is 7.91. The highest BCUT2D eigenvalue weighted by atomic mass is 32.2. The van der Waals surface area contributed by atoms with Crippen molar-refractivity contribution in [1.82, 2.24) is 14.3 Å². The van der Waals surface area contributed by atoms with Crippen molar-refractivity contribution in [3.05, 3.63) is 0 Å². The predicted molar refractivity (Wildman–Crippen MR) is 67.8 cm³/mol. The van der Waals surface area contributed by atoms with E-state index >= 15 is 0 Å². The second-order valence-corrected chi connectivity index (χ2v) is 7.11. The van der Waals surface area contributed by atoms with Crippen LogP contribution in [0.15, 0.2) is 0 Å². The molecule has 2 rings (SSSR count).